The zero-order valence-corrected chi connectivity index (χ0v) is 17.2. The number of H-pyrrole nitrogens is 1. The lowest BCUT2D eigenvalue weighted by atomic mass is 10.0. The van der Waals surface area contributed by atoms with E-state index >= 15 is 0 Å². The predicted octanol–water partition coefficient (Wildman–Crippen LogP) is 3.55. The van der Waals surface area contributed by atoms with E-state index in [1.807, 2.05) is 43.0 Å². The molecule has 7 heteroatoms. The van der Waals surface area contributed by atoms with Crippen molar-refractivity contribution in [3.8, 4) is 11.6 Å². The first-order valence-corrected chi connectivity index (χ1v) is 9.74. The maximum Gasteiger partial charge on any atom is 0.279 e. The fraction of sp³-hybridized carbons (Fsp3) is 0.200. The Hall–Kier alpha value is -2.55. The van der Waals surface area contributed by atoms with E-state index in [4.69, 9.17) is 0 Å². The SMILES string of the molecule is CCN(CC)c1ccccc1C(=O)c1c(O)n(-c2ccc(I)cc2)[nH]c1=O. The molecule has 0 bridgehead atoms. The quantitative estimate of drug-likeness (QED) is 0.421. The zero-order valence-electron chi connectivity index (χ0n) is 15.1. The summed E-state index contributed by atoms with van der Waals surface area (Å²) in [5, 5.41) is 13.2. The number of benzene rings is 2. The summed E-state index contributed by atoms with van der Waals surface area (Å²) in [5.41, 5.74) is 0.829. The van der Waals surface area contributed by atoms with Gasteiger partial charge in [-0.15, -0.1) is 0 Å². The average molecular weight is 477 g/mol. The molecule has 0 unspecified atom stereocenters. The monoisotopic (exact) mass is 477 g/mol. The van der Waals surface area contributed by atoms with Gasteiger partial charge in [-0.2, -0.15) is 0 Å². The molecule has 1 aromatic heterocycles. The molecule has 2 aromatic carbocycles. The molecule has 0 amide bonds. The van der Waals surface area contributed by atoms with E-state index < -0.39 is 11.3 Å². The first-order valence-electron chi connectivity index (χ1n) is 8.66. The minimum Gasteiger partial charge on any atom is -0.493 e. The maximum absolute atomic E-state index is 13.1. The molecule has 0 aliphatic rings. The second kappa shape index (κ2) is 7.99. The number of nitrogens with one attached hydrogen (secondary N) is 1. The van der Waals surface area contributed by atoms with E-state index in [0.717, 1.165) is 22.3 Å². The van der Waals surface area contributed by atoms with Gasteiger partial charge in [0, 0.05) is 27.9 Å². The molecule has 0 aliphatic heterocycles. The second-order valence-electron chi connectivity index (χ2n) is 5.97. The van der Waals surface area contributed by atoms with Crippen molar-refractivity contribution in [2.45, 2.75) is 13.8 Å². The number of hydrogen-bond acceptors (Lipinski definition) is 4. The molecule has 2 N–H and O–H groups in total. The van der Waals surface area contributed by atoms with Crippen molar-refractivity contribution < 1.29 is 9.90 Å². The molecule has 1 heterocycles. The van der Waals surface area contributed by atoms with E-state index in [1.165, 1.54) is 4.68 Å². The Kier molecular flexibility index (Phi) is 5.69. The maximum atomic E-state index is 13.1. The number of ketones is 1. The van der Waals surface area contributed by atoms with Crippen LogP contribution in [0.3, 0.4) is 0 Å². The Balaban J connectivity index is 2.10. The molecule has 0 spiro atoms. The predicted molar refractivity (Wildman–Crippen MR) is 114 cm³/mol. The molecule has 3 rings (SSSR count). The van der Waals surface area contributed by atoms with Crippen LogP contribution in [0.5, 0.6) is 5.88 Å². The summed E-state index contributed by atoms with van der Waals surface area (Å²) >= 11 is 2.17. The van der Waals surface area contributed by atoms with Crippen LogP contribution in [0.15, 0.2) is 53.3 Å². The van der Waals surface area contributed by atoms with Gasteiger partial charge in [0.1, 0.15) is 0 Å². The van der Waals surface area contributed by atoms with Crippen LogP contribution in [-0.4, -0.2) is 33.8 Å². The number of carbonyl (C=O) groups excluding carboxylic acids is 1. The summed E-state index contributed by atoms with van der Waals surface area (Å²) in [4.78, 5) is 27.6. The Morgan fingerprint density at radius 1 is 1.11 bits per heavy atom. The summed E-state index contributed by atoms with van der Waals surface area (Å²) in [7, 11) is 0. The van der Waals surface area contributed by atoms with Crippen molar-refractivity contribution in [2.75, 3.05) is 18.0 Å². The van der Waals surface area contributed by atoms with Gasteiger partial charge in [0.2, 0.25) is 11.7 Å². The number of rotatable bonds is 6. The van der Waals surface area contributed by atoms with E-state index in [1.54, 1.807) is 24.3 Å². The number of hydrogen-bond donors (Lipinski definition) is 2. The van der Waals surface area contributed by atoms with Crippen molar-refractivity contribution in [2.24, 2.45) is 0 Å². The number of anilines is 1. The first kappa shape index (κ1) is 19.2. The summed E-state index contributed by atoms with van der Waals surface area (Å²) in [6, 6.07) is 14.4. The third-order valence-electron chi connectivity index (χ3n) is 4.44. The average Bonchev–Trinajstić information content (AvgIpc) is 2.97. The van der Waals surface area contributed by atoms with Gasteiger partial charge in [0.05, 0.1) is 5.69 Å². The molecule has 140 valence electrons. The lowest BCUT2D eigenvalue weighted by Crippen LogP contribution is -2.25. The Morgan fingerprint density at radius 2 is 1.74 bits per heavy atom. The molecular formula is C20H20IN3O3. The van der Waals surface area contributed by atoms with Gasteiger partial charge in [-0.25, -0.2) is 4.68 Å². The summed E-state index contributed by atoms with van der Waals surface area (Å²) in [6.07, 6.45) is 0. The Labute approximate surface area is 170 Å². The van der Waals surface area contributed by atoms with Crippen LogP contribution in [0.4, 0.5) is 5.69 Å². The zero-order chi connectivity index (χ0) is 19.6. The standard InChI is InChI=1S/C20H20IN3O3/c1-3-23(4-2)16-8-6-5-7-15(16)18(25)17-19(26)22-24(20(17)27)14-11-9-13(21)10-12-14/h5-12,27H,3-4H2,1-2H3,(H,22,26). The minimum atomic E-state index is -0.620. The fourth-order valence-corrected chi connectivity index (χ4v) is 3.41. The summed E-state index contributed by atoms with van der Waals surface area (Å²) in [6.45, 7) is 5.46. The molecule has 0 saturated heterocycles. The molecule has 6 nitrogen and oxygen atoms in total. The van der Waals surface area contributed by atoms with Gasteiger partial charge >= 0.3 is 0 Å². The summed E-state index contributed by atoms with van der Waals surface area (Å²) in [5.74, 6) is -0.888. The molecular weight excluding hydrogens is 457 g/mol. The van der Waals surface area contributed by atoms with Gasteiger partial charge in [0.15, 0.2) is 5.56 Å². The van der Waals surface area contributed by atoms with Gasteiger partial charge < -0.3 is 10.0 Å². The van der Waals surface area contributed by atoms with E-state index in [2.05, 4.69) is 27.7 Å². The number of halogens is 1. The highest BCUT2D eigenvalue weighted by molar-refractivity contribution is 14.1. The molecule has 0 radical (unpaired) electrons. The number of aromatic nitrogens is 2. The number of carbonyl (C=O) groups is 1. The molecule has 3 aromatic rings. The largest absolute Gasteiger partial charge is 0.493 e. The molecule has 0 fully saturated rings. The fourth-order valence-electron chi connectivity index (χ4n) is 3.05. The normalized spacial score (nSPS) is 10.8. The highest BCUT2D eigenvalue weighted by atomic mass is 127. The van der Waals surface area contributed by atoms with E-state index in [0.29, 0.717) is 11.3 Å². The van der Waals surface area contributed by atoms with E-state index in [9.17, 15) is 14.7 Å². The number of aromatic amines is 1. The molecule has 0 saturated carbocycles. The lowest BCUT2D eigenvalue weighted by molar-refractivity contribution is 0.103. The molecule has 0 aliphatic carbocycles. The van der Waals surface area contributed by atoms with Crippen LogP contribution in [0.2, 0.25) is 0 Å². The Bertz CT molecular complexity index is 1020. The summed E-state index contributed by atoms with van der Waals surface area (Å²) < 4.78 is 2.25. The van der Waals surface area contributed by atoms with Crippen molar-refractivity contribution in [3.05, 3.63) is 73.6 Å². The van der Waals surface area contributed by atoms with Crippen LogP contribution in [0.25, 0.3) is 5.69 Å². The minimum absolute atomic E-state index is 0.256. The van der Waals surface area contributed by atoms with Crippen LogP contribution in [0, 0.1) is 3.57 Å². The smallest absolute Gasteiger partial charge is 0.279 e. The highest BCUT2D eigenvalue weighted by Crippen LogP contribution is 2.26. The van der Waals surface area contributed by atoms with E-state index in [-0.39, 0.29) is 11.4 Å². The number of aromatic hydroxyl groups is 1. The highest BCUT2D eigenvalue weighted by Gasteiger charge is 2.26. The van der Waals surface area contributed by atoms with Crippen LogP contribution in [0.1, 0.15) is 29.8 Å². The van der Waals surface area contributed by atoms with Crippen LogP contribution in [-0.2, 0) is 0 Å². The first-order chi connectivity index (χ1) is 13.0. The molecule has 0 atom stereocenters. The van der Waals surface area contributed by atoms with Crippen LogP contribution >= 0.6 is 22.6 Å². The third kappa shape index (κ3) is 3.64. The van der Waals surface area contributed by atoms with Crippen LogP contribution < -0.4 is 10.5 Å². The second-order valence-corrected chi connectivity index (χ2v) is 7.22. The lowest BCUT2D eigenvalue weighted by Gasteiger charge is -2.23. The Morgan fingerprint density at radius 3 is 2.37 bits per heavy atom. The van der Waals surface area contributed by atoms with Crippen molar-refractivity contribution >= 4 is 34.1 Å². The third-order valence-corrected chi connectivity index (χ3v) is 5.16. The van der Waals surface area contributed by atoms with Crippen molar-refractivity contribution in [1.29, 1.82) is 0 Å². The van der Waals surface area contributed by atoms with Gasteiger partial charge in [-0.3, -0.25) is 14.7 Å². The van der Waals surface area contributed by atoms with Gasteiger partial charge in [0.25, 0.3) is 5.56 Å². The van der Waals surface area contributed by atoms with Crippen molar-refractivity contribution in [3.63, 3.8) is 0 Å². The van der Waals surface area contributed by atoms with Gasteiger partial charge in [-0.1, -0.05) is 12.1 Å². The molecule has 27 heavy (non-hydrogen) atoms. The number of nitrogens with zero attached hydrogens (tertiary/aromatic N) is 2. The topological polar surface area (TPSA) is 78.3 Å². The van der Waals surface area contributed by atoms with Crippen molar-refractivity contribution in [1.82, 2.24) is 9.78 Å². The van der Waals surface area contributed by atoms with Gasteiger partial charge in [-0.05, 0) is 72.8 Å². The number of para-hydroxylation sites is 1.